The fourth-order valence-corrected chi connectivity index (χ4v) is 10.8. The zero-order chi connectivity index (χ0) is 35.8. The molecule has 0 aliphatic heterocycles. The van der Waals surface area contributed by atoms with E-state index < -0.39 is 5.41 Å². The minimum absolute atomic E-state index is 0.468. The summed E-state index contributed by atoms with van der Waals surface area (Å²) in [6.07, 6.45) is 0. The SMILES string of the molecule is c1ccc2c(c1)-c1ccccc1C21c2ccccc2-c2c(-c3cccc4ccccc34)cc3ccc(-c4cc5ccc6cccc7ccc(c4)c5c67)cc3c21. The van der Waals surface area contributed by atoms with E-state index in [0.717, 1.165) is 0 Å². The summed E-state index contributed by atoms with van der Waals surface area (Å²) in [7, 11) is 0. The zero-order valence-corrected chi connectivity index (χ0v) is 30.0. The van der Waals surface area contributed by atoms with E-state index in [4.69, 9.17) is 0 Å². The highest BCUT2D eigenvalue weighted by atomic mass is 14.5. The average Bonchev–Trinajstić information content (AvgIpc) is 3.73. The van der Waals surface area contributed by atoms with E-state index in [-0.39, 0.29) is 0 Å². The molecular formula is C55H32. The molecule has 0 N–H and O–H groups in total. The summed E-state index contributed by atoms with van der Waals surface area (Å²) in [5, 5.41) is 13.0. The molecule has 1 spiro atoms. The van der Waals surface area contributed by atoms with E-state index in [1.54, 1.807) is 0 Å². The van der Waals surface area contributed by atoms with E-state index in [1.165, 1.54) is 121 Å². The molecule has 0 fully saturated rings. The standard InChI is InChI=1S/C55H32/c1-2-15-41-33(11-1)12-10-19-42(41)47-32-37-26-25-36(40-29-38-27-23-34-13-9-14-35-24-28-39(30-40)52(38)51(34)35)31-46(37)54-53(47)45-18-5-8-22-50(45)55(54)48-20-6-3-16-43(48)44-17-4-7-21-49(44)55/h1-32H. The van der Waals surface area contributed by atoms with Gasteiger partial charge in [0.15, 0.2) is 0 Å². The van der Waals surface area contributed by atoms with Gasteiger partial charge in [0.2, 0.25) is 0 Å². The van der Waals surface area contributed by atoms with Crippen LogP contribution in [-0.2, 0) is 5.41 Å². The van der Waals surface area contributed by atoms with E-state index in [2.05, 4.69) is 194 Å². The van der Waals surface area contributed by atoms with Gasteiger partial charge in [-0.15, -0.1) is 0 Å². The summed E-state index contributed by atoms with van der Waals surface area (Å²) in [5.74, 6) is 0. The maximum atomic E-state index is 2.51. The van der Waals surface area contributed by atoms with Crippen molar-refractivity contribution in [3.8, 4) is 44.5 Å². The molecule has 11 aromatic carbocycles. The lowest BCUT2D eigenvalue weighted by atomic mass is 9.69. The molecule has 0 atom stereocenters. The van der Waals surface area contributed by atoms with Crippen LogP contribution in [-0.4, -0.2) is 0 Å². The second-order valence-electron chi connectivity index (χ2n) is 15.5. The number of fused-ring (bicyclic) bond motifs is 13. The van der Waals surface area contributed by atoms with Crippen LogP contribution in [0, 0.1) is 0 Å². The molecule has 11 aromatic rings. The summed E-state index contributed by atoms with van der Waals surface area (Å²) in [6.45, 7) is 0. The van der Waals surface area contributed by atoms with Crippen molar-refractivity contribution in [3.63, 3.8) is 0 Å². The van der Waals surface area contributed by atoms with E-state index in [0.29, 0.717) is 0 Å². The summed E-state index contributed by atoms with van der Waals surface area (Å²) < 4.78 is 0. The fourth-order valence-electron chi connectivity index (χ4n) is 10.8. The maximum absolute atomic E-state index is 2.51. The highest BCUT2D eigenvalue weighted by Gasteiger charge is 2.53. The van der Waals surface area contributed by atoms with E-state index in [9.17, 15) is 0 Å². The Kier molecular flexibility index (Phi) is 5.65. The Bertz CT molecular complexity index is 3320. The first-order valence-corrected chi connectivity index (χ1v) is 19.3. The van der Waals surface area contributed by atoms with Gasteiger partial charge < -0.3 is 0 Å². The van der Waals surface area contributed by atoms with Gasteiger partial charge >= 0.3 is 0 Å². The van der Waals surface area contributed by atoms with Gasteiger partial charge in [0.05, 0.1) is 5.41 Å². The normalized spacial score (nSPS) is 13.6. The van der Waals surface area contributed by atoms with Crippen molar-refractivity contribution in [2.45, 2.75) is 5.41 Å². The Balaban J connectivity index is 1.18. The quantitative estimate of drug-likeness (QED) is 0.158. The molecule has 13 rings (SSSR count). The van der Waals surface area contributed by atoms with Gasteiger partial charge in [-0.1, -0.05) is 170 Å². The lowest BCUT2D eigenvalue weighted by molar-refractivity contribution is 0.801. The molecule has 0 heterocycles. The van der Waals surface area contributed by atoms with Crippen molar-refractivity contribution in [2.75, 3.05) is 0 Å². The molecule has 0 bridgehead atoms. The fraction of sp³-hybridized carbons (Fsp3) is 0.0182. The van der Waals surface area contributed by atoms with Crippen molar-refractivity contribution in [3.05, 3.63) is 216 Å². The van der Waals surface area contributed by atoms with E-state index >= 15 is 0 Å². The summed E-state index contributed by atoms with van der Waals surface area (Å²) in [4.78, 5) is 0. The molecule has 0 amide bonds. The molecule has 0 aromatic heterocycles. The van der Waals surface area contributed by atoms with Crippen LogP contribution in [0.1, 0.15) is 22.3 Å². The molecule has 2 aliphatic rings. The third-order valence-electron chi connectivity index (χ3n) is 12.9. The monoisotopic (exact) mass is 692 g/mol. The molecule has 55 heavy (non-hydrogen) atoms. The Hall–Kier alpha value is -7.02. The highest BCUT2D eigenvalue weighted by molar-refractivity contribution is 6.24. The molecule has 0 nitrogen and oxygen atoms in total. The second-order valence-corrected chi connectivity index (χ2v) is 15.5. The van der Waals surface area contributed by atoms with Crippen molar-refractivity contribution in [2.24, 2.45) is 0 Å². The summed E-state index contributed by atoms with van der Waals surface area (Å²) in [5.41, 5.74) is 15.4. The third kappa shape index (κ3) is 3.71. The topological polar surface area (TPSA) is 0 Å². The Morgan fingerprint density at radius 1 is 0.273 bits per heavy atom. The Morgan fingerprint density at radius 2 is 0.782 bits per heavy atom. The van der Waals surface area contributed by atoms with Crippen molar-refractivity contribution in [1.82, 2.24) is 0 Å². The van der Waals surface area contributed by atoms with Crippen molar-refractivity contribution in [1.29, 1.82) is 0 Å². The van der Waals surface area contributed by atoms with Gasteiger partial charge in [0.25, 0.3) is 0 Å². The largest absolute Gasteiger partial charge is 0.0731 e. The predicted octanol–water partition coefficient (Wildman–Crippen LogP) is 14.6. The van der Waals surface area contributed by atoms with Gasteiger partial charge in [0, 0.05) is 0 Å². The lowest BCUT2D eigenvalue weighted by Gasteiger charge is -2.32. The van der Waals surface area contributed by atoms with E-state index in [1.807, 2.05) is 0 Å². The van der Waals surface area contributed by atoms with Gasteiger partial charge in [0.1, 0.15) is 0 Å². The van der Waals surface area contributed by atoms with Crippen molar-refractivity contribution >= 4 is 53.9 Å². The zero-order valence-electron chi connectivity index (χ0n) is 30.0. The third-order valence-corrected chi connectivity index (χ3v) is 12.9. The van der Waals surface area contributed by atoms with Crippen LogP contribution < -0.4 is 0 Å². The van der Waals surface area contributed by atoms with Crippen LogP contribution in [0.2, 0.25) is 0 Å². The van der Waals surface area contributed by atoms with Gasteiger partial charge in [-0.3, -0.25) is 0 Å². The van der Waals surface area contributed by atoms with Gasteiger partial charge in [-0.05, 0) is 145 Å². The first kappa shape index (κ1) is 29.4. The number of benzene rings is 11. The molecule has 2 aliphatic carbocycles. The Morgan fingerprint density at radius 3 is 1.51 bits per heavy atom. The Labute approximate surface area is 318 Å². The number of hydrogen-bond donors (Lipinski definition) is 0. The first-order chi connectivity index (χ1) is 27.3. The minimum atomic E-state index is -0.468. The molecular weight excluding hydrogens is 661 g/mol. The lowest BCUT2D eigenvalue weighted by Crippen LogP contribution is -2.26. The van der Waals surface area contributed by atoms with Crippen LogP contribution >= 0.6 is 0 Å². The second kappa shape index (κ2) is 10.6. The molecule has 0 saturated heterocycles. The highest BCUT2D eigenvalue weighted by Crippen LogP contribution is 2.65. The smallest absolute Gasteiger partial charge is 0.0619 e. The van der Waals surface area contributed by atoms with Crippen LogP contribution in [0.3, 0.4) is 0 Å². The van der Waals surface area contributed by atoms with Crippen molar-refractivity contribution < 1.29 is 0 Å². The van der Waals surface area contributed by atoms with Crippen LogP contribution in [0.15, 0.2) is 194 Å². The van der Waals surface area contributed by atoms with Gasteiger partial charge in [-0.2, -0.15) is 0 Å². The molecule has 0 heteroatoms. The first-order valence-electron chi connectivity index (χ1n) is 19.3. The molecule has 0 unspecified atom stereocenters. The summed E-state index contributed by atoms with van der Waals surface area (Å²) in [6, 6.07) is 73.5. The van der Waals surface area contributed by atoms with Crippen LogP contribution in [0.25, 0.3) is 98.4 Å². The van der Waals surface area contributed by atoms with Gasteiger partial charge in [-0.25, -0.2) is 0 Å². The predicted molar refractivity (Wildman–Crippen MR) is 232 cm³/mol. The van der Waals surface area contributed by atoms with Crippen LogP contribution in [0.5, 0.6) is 0 Å². The maximum Gasteiger partial charge on any atom is 0.0731 e. The minimum Gasteiger partial charge on any atom is -0.0619 e. The number of rotatable bonds is 2. The molecule has 0 radical (unpaired) electrons. The molecule has 0 saturated carbocycles. The molecule has 252 valence electrons. The van der Waals surface area contributed by atoms with Crippen LogP contribution in [0.4, 0.5) is 0 Å². The summed E-state index contributed by atoms with van der Waals surface area (Å²) >= 11 is 0. The number of hydrogen-bond acceptors (Lipinski definition) is 0. The average molecular weight is 693 g/mol.